The maximum atomic E-state index is 11.8. The highest BCUT2D eigenvalue weighted by molar-refractivity contribution is 7.09. The summed E-state index contributed by atoms with van der Waals surface area (Å²) in [6.45, 7) is 5.64. The number of carbonyl (C=O) groups is 2. The van der Waals surface area contributed by atoms with Crippen LogP contribution in [-0.4, -0.2) is 43.5 Å². The second-order valence-corrected chi connectivity index (χ2v) is 5.25. The summed E-state index contributed by atoms with van der Waals surface area (Å²) in [5.41, 5.74) is 0. The number of nitrogens with zero attached hydrogens (tertiary/aromatic N) is 1. The number of methoxy groups -OCH3 is 1. The summed E-state index contributed by atoms with van der Waals surface area (Å²) >= 11 is 1.66. The van der Waals surface area contributed by atoms with Crippen LogP contribution in [0.5, 0.6) is 0 Å². The molecule has 0 bridgehead atoms. The number of ether oxygens (including phenoxy) is 1. The van der Waals surface area contributed by atoms with Gasteiger partial charge in [0.1, 0.15) is 0 Å². The zero-order valence-corrected chi connectivity index (χ0v) is 12.4. The Hall–Kier alpha value is -1.66. The van der Waals surface area contributed by atoms with Gasteiger partial charge in [-0.3, -0.25) is 14.5 Å². The maximum absolute atomic E-state index is 11.8. The van der Waals surface area contributed by atoms with Gasteiger partial charge < -0.3 is 10.1 Å². The van der Waals surface area contributed by atoms with Crippen LogP contribution in [0.2, 0.25) is 0 Å². The normalized spacial score (nSPS) is 10.3. The van der Waals surface area contributed by atoms with E-state index in [1.807, 2.05) is 22.4 Å². The minimum atomic E-state index is -0.327. The van der Waals surface area contributed by atoms with Gasteiger partial charge in [0.25, 0.3) is 0 Å². The lowest BCUT2D eigenvalue weighted by molar-refractivity contribution is -0.140. The van der Waals surface area contributed by atoms with E-state index in [4.69, 9.17) is 0 Å². The predicted molar refractivity (Wildman–Crippen MR) is 79.4 cm³/mol. The fourth-order valence-electron chi connectivity index (χ4n) is 1.66. The minimum absolute atomic E-state index is 0.104. The summed E-state index contributed by atoms with van der Waals surface area (Å²) in [7, 11) is 1.33. The van der Waals surface area contributed by atoms with Crippen molar-refractivity contribution in [1.82, 2.24) is 10.2 Å². The molecule has 1 aromatic rings. The van der Waals surface area contributed by atoms with Crippen molar-refractivity contribution in [2.45, 2.75) is 13.0 Å². The van der Waals surface area contributed by atoms with Crippen molar-refractivity contribution in [3.63, 3.8) is 0 Å². The number of hydrogen-bond donors (Lipinski definition) is 1. The van der Waals surface area contributed by atoms with Gasteiger partial charge >= 0.3 is 5.97 Å². The second kappa shape index (κ2) is 9.28. The van der Waals surface area contributed by atoms with Crippen LogP contribution in [-0.2, 0) is 20.9 Å². The van der Waals surface area contributed by atoms with Gasteiger partial charge in [0, 0.05) is 24.5 Å². The van der Waals surface area contributed by atoms with Gasteiger partial charge in [-0.2, -0.15) is 0 Å². The molecule has 1 aromatic heterocycles. The first-order chi connectivity index (χ1) is 9.65. The van der Waals surface area contributed by atoms with Crippen molar-refractivity contribution in [2.75, 3.05) is 26.7 Å². The zero-order valence-electron chi connectivity index (χ0n) is 11.6. The van der Waals surface area contributed by atoms with Gasteiger partial charge in [0.05, 0.1) is 20.1 Å². The molecule has 1 heterocycles. The molecule has 0 aliphatic carbocycles. The molecule has 6 heteroatoms. The molecule has 0 aliphatic heterocycles. The average molecular weight is 296 g/mol. The summed E-state index contributed by atoms with van der Waals surface area (Å²) in [6, 6.07) is 4.03. The number of rotatable bonds is 9. The largest absolute Gasteiger partial charge is 0.469 e. The number of nitrogens with one attached hydrogen (secondary N) is 1. The van der Waals surface area contributed by atoms with Gasteiger partial charge in [-0.05, 0) is 11.4 Å². The first-order valence-corrected chi connectivity index (χ1v) is 7.22. The summed E-state index contributed by atoms with van der Waals surface area (Å²) in [6.07, 6.45) is 1.96. The van der Waals surface area contributed by atoms with Crippen LogP contribution < -0.4 is 5.32 Å². The summed E-state index contributed by atoms with van der Waals surface area (Å²) in [4.78, 5) is 25.9. The molecule has 5 nitrogen and oxygen atoms in total. The van der Waals surface area contributed by atoms with E-state index in [1.54, 1.807) is 17.4 Å². The third-order valence-electron chi connectivity index (χ3n) is 2.59. The van der Waals surface area contributed by atoms with Crippen molar-refractivity contribution in [3.05, 3.63) is 35.0 Å². The van der Waals surface area contributed by atoms with Crippen LogP contribution in [0, 0.1) is 0 Å². The third kappa shape index (κ3) is 6.49. The molecule has 110 valence electrons. The molecule has 0 aliphatic rings. The van der Waals surface area contributed by atoms with E-state index >= 15 is 0 Å². The highest BCUT2D eigenvalue weighted by Crippen LogP contribution is 2.11. The Kier molecular flexibility index (Phi) is 7.60. The predicted octanol–water partition coefficient (Wildman–Crippen LogP) is 1.42. The minimum Gasteiger partial charge on any atom is -0.469 e. The van der Waals surface area contributed by atoms with Crippen molar-refractivity contribution in [3.8, 4) is 0 Å². The maximum Gasteiger partial charge on any atom is 0.307 e. The molecular weight excluding hydrogens is 276 g/mol. The van der Waals surface area contributed by atoms with E-state index in [1.165, 1.54) is 12.0 Å². The quantitative estimate of drug-likeness (QED) is 0.553. The van der Waals surface area contributed by atoms with Crippen LogP contribution in [0.4, 0.5) is 0 Å². The molecule has 0 spiro atoms. The molecule has 0 atom stereocenters. The molecule has 0 aromatic carbocycles. The third-order valence-corrected chi connectivity index (χ3v) is 3.45. The molecular formula is C14H20N2O3S. The van der Waals surface area contributed by atoms with Crippen LogP contribution >= 0.6 is 11.3 Å². The highest BCUT2D eigenvalue weighted by atomic mass is 32.1. The first kappa shape index (κ1) is 16.4. The van der Waals surface area contributed by atoms with Crippen LogP contribution in [0.1, 0.15) is 11.3 Å². The molecule has 1 N–H and O–H groups in total. The lowest BCUT2D eigenvalue weighted by Gasteiger charge is -2.19. The molecule has 0 radical (unpaired) electrons. The Balaban J connectivity index is 2.34. The van der Waals surface area contributed by atoms with E-state index in [2.05, 4.69) is 16.6 Å². The first-order valence-electron chi connectivity index (χ1n) is 6.35. The molecule has 0 unspecified atom stereocenters. The Bertz CT molecular complexity index is 432. The Morgan fingerprint density at radius 2 is 2.35 bits per heavy atom. The summed E-state index contributed by atoms with van der Waals surface area (Å²) in [5, 5.41) is 4.72. The number of carbonyl (C=O) groups excluding carboxylic acids is 2. The molecule has 0 saturated heterocycles. The van der Waals surface area contributed by atoms with Gasteiger partial charge in [0.15, 0.2) is 0 Å². The van der Waals surface area contributed by atoms with Gasteiger partial charge in [-0.15, -0.1) is 17.9 Å². The zero-order chi connectivity index (χ0) is 14.8. The van der Waals surface area contributed by atoms with E-state index in [0.717, 1.165) is 0 Å². The average Bonchev–Trinajstić information content (AvgIpc) is 2.91. The van der Waals surface area contributed by atoms with Crippen molar-refractivity contribution in [2.24, 2.45) is 0 Å². The van der Waals surface area contributed by atoms with Crippen LogP contribution in [0.3, 0.4) is 0 Å². The van der Waals surface area contributed by atoms with Crippen molar-refractivity contribution in [1.29, 1.82) is 0 Å². The van der Waals surface area contributed by atoms with E-state index < -0.39 is 0 Å². The standard InChI is InChI=1S/C14H20N2O3S/c1-3-8-16(10-12-5-4-9-20-12)11-13(17)15-7-6-14(18)19-2/h3-5,9H,1,6-8,10-11H2,2H3,(H,15,17). The summed E-state index contributed by atoms with van der Waals surface area (Å²) < 4.78 is 4.51. The fourth-order valence-corrected chi connectivity index (χ4v) is 2.40. The molecule has 1 rings (SSSR count). The Labute approximate surface area is 123 Å². The van der Waals surface area contributed by atoms with Gasteiger partial charge in [-0.25, -0.2) is 0 Å². The van der Waals surface area contributed by atoms with E-state index in [9.17, 15) is 9.59 Å². The smallest absolute Gasteiger partial charge is 0.307 e. The Morgan fingerprint density at radius 1 is 1.55 bits per heavy atom. The van der Waals surface area contributed by atoms with Crippen molar-refractivity contribution < 1.29 is 14.3 Å². The Morgan fingerprint density at radius 3 is 2.95 bits per heavy atom. The summed E-state index contributed by atoms with van der Waals surface area (Å²) in [5.74, 6) is -0.431. The van der Waals surface area contributed by atoms with Crippen LogP contribution in [0.25, 0.3) is 0 Å². The second-order valence-electron chi connectivity index (χ2n) is 4.21. The number of thiophene rings is 1. The van der Waals surface area contributed by atoms with Gasteiger partial charge in [-0.1, -0.05) is 12.1 Å². The molecule has 20 heavy (non-hydrogen) atoms. The molecule has 0 saturated carbocycles. The molecule has 1 amide bonds. The van der Waals surface area contributed by atoms with E-state index in [-0.39, 0.29) is 24.8 Å². The SMILES string of the molecule is C=CCN(CC(=O)NCCC(=O)OC)Cc1cccs1. The lowest BCUT2D eigenvalue weighted by atomic mass is 10.3. The number of hydrogen-bond acceptors (Lipinski definition) is 5. The van der Waals surface area contributed by atoms with E-state index in [0.29, 0.717) is 19.6 Å². The number of amides is 1. The topological polar surface area (TPSA) is 58.6 Å². The fraction of sp³-hybridized carbons (Fsp3) is 0.429. The molecule has 0 fully saturated rings. The van der Waals surface area contributed by atoms with Crippen molar-refractivity contribution >= 4 is 23.2 Å². The van der Waals surface area contributed by atoms with Gasteiger partial charge in [0.2, 0.25) is 5.91 Å². The number of esters is 1. The monoisotopic (exact) mass is 296 g/mol. The van der Waals surface area contributed by atoms with Crippen LogP contribution in [0.15, 0.2) is 30.2 Å². The lowest BCUT2D eigenvalue weighted by Crippen LogP contribution is -2.37. The highest BCUT2D eigenvalue weighted by Gasteiger charge is 2.11.